The van der Waals surface area contributed by atoms with E-state index in [9.17, 15) is 4.79 Å². The maximum atomic E-state index is 12.2. The van der Waals surface area contributed by atoms with Gasteiger partial charge in [0.25, 0.3) is 5.91 Å². The largest absolute Gasteiger partial charge is 0.395 e. The molecular weight excluding hydrogens is 286 g/mol. The average Bonchev–Trinajstić information content (AvgIpc) is 3.00. The van der Waals surface area contributed by atoms with Gasteiger partial charge in [0.1, 0.15) is 0 Å². The number of fused-ring (bicyclic) bond motifs is 1. The van der Waals surface area contributed by atoms with Crippen LogP contribution in [0.1, 0.15) is 28.7 Å². The molecule has 21 heavy (non-hydrogen) atoms. The number of anilines is 2. The van der Waals surface area contributed by atoms with E-state index in [4.69, 9.17) is 5.73 Å². The first-order chi connectivity index (χ1) is 10.1. The summed E-state index contributed by atoms with van der Waals surface area (Å²) in [6.07, 6.45) is 0.701. The molecule has 4 N–H and O–H groups in total. The van der Waals surface area contributed by atoms with Crippen LogP contribution in [0.3, 0.4) is 0 Å². The third-order valence-corrected chi connectivity index (χ3v) is 4.15. The Hall–Kier alpha value is -2.41. The predicted octanol–water partition coefficient (Wildman–Crippen LogP) is 2.72. The number of aryl methyl sites for hydroxylation is 2. The molecule has 0 saturated carbocycles. The normalized spacial score (nSPS) is 11.0. The zero-order valence-electron chi connectivity index (χ0n) is 11.7. The minimum atomic E-state index is -0.348. The fourth-order valence-electron chi connectivity index (χ4n) is 2.07. The number of carbonyl (C=O) groups excluding carboxylic acids is 1. The van der Waals surface area contributed by atoms with Crippen LogP contribution in [-0.4, -0.2) is 21.1 Å². The van der Waals surface area contributed by atoms with Crippen molar-refractivity contribution in [1.29, 1.82) is 0 Å². The fraction of sp³-hybridized carbons (Fsp3) is 0.214. The van der Waals surface area contributed by atoms with Gasteiger partial charge in [-0.2, -0.15) is 5.10 Å². The number of aromatic nitrogens is 3. The van der Waals surface area contributed by atoms with Gasteiger partial charge in [-0.05, 0) is 31.0 Å². The number of rotatable bonds is 3. The molecule has 0 unspecified atom stereocenters. The monoisotopic (exact) mass is 301 g/mol. The van der Waals surface area contributed by atoms with Gasteiger partial charge in [-0.15, -0.1) is 0 Å². The quantitative estimate of drug-likeness (QED) is 0.693. The lowest BCUT2D eigenvalue weighted by Gasteiger charge is -1.99. The molecule has 1 aromatic carbocycles. The molecule has 0 aliphatic heterocycles. The van der Waals surface area contributed by atoms with Crippen molar-refractivity contribution in [2.24, 2.45) is 0 Å². The van der Waals surface area contributed by atoms with Crippen LogP contribution < -0.4 is 11.1 Å². The van der Waals surface area contributed by atoms with Crippen molar-refractivity contribution >= 4 is 38.3 Å². The number of nitrogens with one attached hydrogen (secondary N) is 2. The van der Waals surface area contributed by atoms with Gasteiger partial charge in [0.15, 0.2) is 10.8 Å². The van der Waals surface area contributed by atoms with Gasteiger partial charge in [-0.3, -0.25) is 15.2 Å². The number of H-pyrrole nitrogens is 1. The first-order valence-corrected chi connectivity index (χ1v) is 7.41. The van der Waals surface area contributed by atoms with Crippen molar-refractivity contribution in [3.05, 3.63) is 35.2 Å². The molecule has 0 radical (unpaired) electrons. The molecule has 1 amide bonds. The van der Waals surface area contributed by atoms with Gasteiger partial charge in [-0.25, -0.2) is 4.98 Å². The molecule has 0 spiro atoms. The minimum absolute atomic E-state index is 0.210. The average molecular weight is 301 g/mol. The lowest BCUT2D eigenvalue weighted by molar-refractivity contribution is 0.102. The molecule has 6 nitrogen and oxygen atoms in total. The lowest BCUT2D eigenvalue weighted by Crippen LogP contribution is -2.14. The SMILES string of the molecule is CCc1[nH]nc(C(=O)Nc2nc3ccc(C)cc3s2)c1N. The number of nitrogens with two attached hydrogens (primary N) is 1. The molecule has 7 heteroatoms. The third-order valence-electron chi connectivity index (χ3n) is 3.22. The second-order valence-electron chi connectivity index (χ2n) is 4.76. The molecule has 3 rings (SSSR count). The summed E-state index contributed by atoms with van der Waals surface area (Å²) < 4.78 is 1.04. The van der Waals surface area contributed by atoms with Crippen molar-refractivity contribution in [1.82, 2.24) is 15.2 Å². The smallest absolute Gasteiger partial charge is 0.280 e. The standard InChI is InChI=1S/C14H15N5OS/c1-3-8-11(15)12(19-18-8)13(20)17-14-16-9-5-4-7(2)6-10(9)21-14/h4-6H,3,15H2,1-2H3,(H,18,19)(H,16,17,20). The Morgan fingerprint density at radius 2 is 2.29 bits per heavy atom. The molecule has 0 aliphatic rings. The van der Waals surface area contributed by atoms with Crippen LogP contribution in [0.5, 0.6) is 0 Å². The highest BCUT2D eigenvalue weighted by atomic mass is 32.1. The summed E-state index contributed by atoms with van der Waals surface area (Å²) in [6, 6.07) is 5.97. The molecule has 108 valence electrons. The molecule has 0 atom stereocenters. The highest BCUT2D eigenvalue weighted by Gasteiger charge is 2.17. The zero-order valence-corrected chi connectivity index (χ0v) is 12.5. The second kappa shape index (κ2) is 5.17. The molecule has 2 aromatic heterocycles. The van der Waals surface area contributed by atoms with Gasteiger partial charge in [0, 0.05) is 0 Å². The third kappa shape index (κ3) is 2.47. The van der Waals surface area contributed by atoms with Crippen LogP contribution in [0.4, 0.5) is 10.8 Å². The number of nitrogens with zero attached hydrogens (tertiary/aromatic N) is 2. The van der Waals surface area contributed by atoms with E-state index in [1.165, 1.54) is 11.3 Å². The molecule has 0 fully saturated rings. The van der Waals surface area contributed by atoms with Gasteiger partial charge < -0.3 is 5.73 Å². The highest BCUT2D eigenvalue weighted by Crippen LogP contribution is 2.27. The van der Waals surface area contributed by atoms with Crippen molar-refractivity contribution in [3.8, 4) is 0 Å². The maximum absolute atomic E-state index is 12.2. The van der Waals surface area contributed by atoms with Crippen LogP contribution in [0, 0.1) is 6.92 Å². The van der Waals surface area contributed by atoms with E-state index in [0.717, 1.165) is 21.5 Å². The van der Waals surface area contributed by atoms with Crippen molar-refractivity contribution in [2.45, 2.75) is 20.3 Å². The van der Waals surface area contributed by atoms with Crippen LogP contribution in [0.25, 0.3) is 10.2 Å². The minimum Gasteiger partial charge on any atom is -0.395 e. The summed E-state index contributed by atoms with van der Waals surface area (Å²) in [7, 11) is 0. The topological polar surface area (TPSA) is 96.7 Å². The molecule has 0 bridgehead atoms. The second-order valence-corrected chi connectivity index (χ2v) is 5.79. The Balaban J connectivity index is 1.87. The number of carbonyl (C=O) groups is 1. The zero-order chi connectivity index (χ0) is 15.0. The fourth-order valence-corrected chi connectivity index (χ4v) is 3.03. The summed E-state index contributed by atoms with van der Waals surface area (Å²) in [5.74, 6) is -0.348. The highest BCUT2D eigenvalue weighted by molar-refractivity contribution is 7.22. The van der Waals surface area contributed by atoms with E-state index in [1.807, 2.05) is 32.0 Å². The van der Waals surface area contributed by atoms with Crippen LogP contribution in [-0.2, 0) is 6.42 Å². The van der Waals surface area contributed by atoms with E-state index in [2.05, 4.69) is 20.5 Å². The Labute approximate surface area is 125 Å². The van der Waals surface area contributed by atoms with Crippen LogP contribution >= 0.6 is 11.3 Å². The van der Waals surface area contributed by atoms with Gasteiger partial charge in [0.05, 0.1) is 21.6 Å². The summed E-state index contributed by atoms with van der Waals surface area (Å²) in [5, 5.41) is 10.0. The van der Waals surface area contributed by atoms with E-state index >= 15 is 0 Å². The van der Waals surface area contributed by atoms with E-state index in [-0.39, 0.29) is 11.6 Å². The molecular formula is C14H15N5OS. The first kappa shape index (κ1) is 13.6. The van der Waals surface area contributed by atoms with Gasteiger partial charge in [0.2, 0.25) is 0 Å². The van der Waals surface area contributed by atoms with Crippen LogP contribution in [0.2, 0.25) is 0 Å². The number of hydrogen-bond acceptors (Lipinski definition) is 5. The summed E-state index contributed by atoms with van der Waals surface area (Å²) >= 11 is 1.43. The maximum Gasteiger partial charge on any atom is 0.280 e. The van der Waals surface area contributed by atoms with Crippen molar-refractivity contribution in [3.63, 3.8) is 0 Å². The van der Waals surface area contributed by atoms with Gasteiger partial charge in [-0.1, -0.05) is 24.3 Å². The van der Waals surface area contributed by atoms with Gasteiger partial charge >= 0.3 is 0 Å². The van der Waals surface area contributed by atoms with E-state index in [0.29, 0.717) is 17.2 Å². The molecule has 0 aliphatic carbocycles. The first-order valence-electron chi connectivity index (χ1n) is 6.59. The van der Waals surface area contributed by atoms with Crippen molar-refractivity contribution < 1.29 is 4.79 Å². The number of aromatic amines is 1. The molecule has 2 heterocycles. The lowest BCUT2D eigenvalue weighted by atomic mass is 10.2. The Kier molecular flexibility index (Phi) is 3.34. The summed E-state index contributed by atoms with van der Waals surface area (Å²) in [4.78, 5) is 16.6. The number of thiazole rings is 1. The Bertz CT molecular complexity index is 820. The Morgan fingerprint density at radius 1 is 1.48 bits per heavy atom. The predicted molar refractivity (Wildman–Crippen MR) is 84.7 cm³/mol. The number of amides is 1. The Morgan fingerprint density at radius 3 is 3.00 bits per heavy atom. The number of hydrogen-bond donors (Lipinski definition) is 3. The molecule has 3 aromatic rings. The molecule has 0 saturated heterocycles. The summed E-state index contributed by atoms with van der Waals surface area (Å²) in [5.41, 5.74) is 9.29. The number of nitrogen functional groups attached to an aromatic ring is 1. The van der Waals surface area contributed by atoms with E-state index in [1.54, 1.807) is 0 Å². The van der Waals surface area contributed by atoms with Crippen LogP contribution in [0.15, 0.2) is 18.2 Å². The summed E-state index contributed by atoms with van der Waals surface area (Å²) in [6.45, 7) is 3.97. The number of benzene rings is 1. The van der Waals surface area contributed by atoms with E-state index < -0.39 is 0 Å². The van der Waals surface area contributed by atoms with Crippen molar-refractivity contribution in [2.75, 3.05) is 11.1 Å².